The summed E-state index contributed by atoms with van der Waals surface area (Å²) < 4.78 is 0. The molecule has 0 heterocycles. The summed E-state index contributed by atoms with van der Waals surface area (Å²) in [5.74, 6) is 1.42. The molecule has 0 aromatic rings. The number of aliphatic hydroxyl groups is 1. The first-order valence-electron chi connectivity index (χ1n) is 7.70. The van der Waals surface area contributed by atoms with Crippen molar-refractivity contribution < 1.29 is 5.11 Å². The van der Waals surface area contributed by atoms with Gasteiger partial charge in [-0.25, -0.2) is 0 Å². The van der Waals surface area contributed by atoms with Gasteiger partial charge >= 0.3 is 0 Å². The van der Waals surface area contributed by atoms with Crippen LogP contribution < -0.4 is 0 Å². The Morgan fingerprint density at radius 3 is 2.65 bits per heavy atom. The minimum atomic E-state index is -0.0975. The van der Waals surface area contributed by atoms with Crippen LogP contribution in [0.5, 0.6) is 0 Å². The largest absolute Gasteiger partial charge is 0.388 e. The first-order chi connectivity index (χ1) is 8.33. The number of aliphatic hydroxyl groups excluding tert-OH is 1. The van der Waals surface area contributed by atoms with Gasteiger partial charge in [-0.3, -0.25) is 0 Å². The van der Waals surface area contributed by atoms with Crippen LogP contribution in [0, 0.1) is 11.8 Å². The van der Waals surface area contributed by atoms with Crippen LogP contribution >= 0.6 is 0 Å². The third-order valence-electron chi connectivity index (χ3n) is 4.77. The van der Waals surface area contributed by atoms with E-state index >= 15 is 0 Å². The fourth-order valence-electron chi connectivity index (χ4n) is 3.70. The highest BCUT2D eigenvalue weighted by Crippen LogP contribution is 2.42. The van der Waals surface area contributed by atoms with E-state index in [1.807, 2.05) is 0 Å². The summed E-state index contributed by atoms with van der Waals surface area (Å²) >= 11 is 0. The van der Waals surface area contributed by atoms with Gasteiger partial charge in [-0.1, -0.05) is 51.5 Å². The second kappa shape index (κ2) is 6.58. The fourth-order valence-corrected chi connectivity index (χ4v) is 3.70. The van der Waals surface area contributed by atoms with Crippen molar-refractivity contribution in [2.45, 2.75) is 77.2 Å². The number of hydrogen-bond donors (Lipinski definition) is 1. The molecule has 0 saturated heterocycles. The normalized spacial score (nSPS) is 32.7. The number of allylic oxidation sites excluding steroid dienone is 1. The number of hydrogen-bond acceptors (Lipinski definition) is 1. The summed E-state index contributed by atoms with van der Waals surface area (Å²) in [4.78, 5) is 0. The summed E-state index contributed by atoms with van der Waals surface area (Å²) in [5, 5.41) is 10.4. The van der Waals surface area contributed by atoms with Crippen LogP contribution in [0.4, 0.5) is 0 Å². The molecule has 2 aliphatic carbocycles. The highest BCUT2D eigenvalue weighted by Gasteiger charge is 2.36. The van der Waals surface area contributed by atoms with Crippen molar-refractivity contribution in [3.63, 3.8) is 0 Å². The lowest BCUT2D eigenvalue weighted by Gasteiger charge is -2.21. The maximum atomic E-state index is 10.4. The lowest BCUT2D eigenvalue weighted by Crippen LogP contribution is -2.21. The van der Waals surface area contributed by atoms with Gasteiger partial charge in [0.25, 0.3) is 0 Å². The van der Waals surface area contributed by atoms with E-state index < -0.39 is 0 Å². The molecule has 0 bridgehead atoms. The van der Waals surface area contributed by atoms with E-state index in [9.17, 15) is 5.11 Å². The van der Waals surface area contributed by atoms with Gasteiger partial charge in [0.2, 0.25) is 0 Å². The van der Waals surface area contributed by atoms with Gasteiger partial charge in [0, 0.05) is 0 Å². The van der Waals surface area contributed by atoms with Crippen LogP contribution in [0.1, 0.15) is 71.1 Å². The van der Waals surface area contributed by atoms with Crippen molar-refractivity contribution in [3.8, 4) is 0 Å². The molecular weight excluding hydrogens is 208 g/mol. The summed E-state index contributed by atoms with van der Waals surface area (Å²) in [5.41, 5.74) is 1.36. The molecule has 0 aromatic heterocycles. The maximum Gasteiger partial charge on any atom is 0.0781 e. The summed E-state index contributed by atoms with van der Waals surface area (Å²) in [6.07, 6.45) is 15.2. The van der Waals surface area contributed by atoms with Crippen LogP contribution in [-0.4, -0.2) is 11.2 Å². The zero-order valence-corrected chi connectivity index (χ0v) is 11.3. The third-order valence-corrected chi connectivity index (χ3v) is 4.77. The predicted molar refractivity (Wildman–Crippen MR) is 72.9 cm³/mol. The Balaban J connectivity index is 1.81. The molecule has 0 radical (unpaired) electrons. The van der Waals surface area contributed by atoms with E-state index in [1.54, 1.807) is 0 Å². The second-order valence-electron chi connectivity index (χ2n) is 5.97. The Kier molecular flexibility index (Phi) is 5.09. The molecule has 1 nitrogen and oxygen atoms in total. The Hall–Kier alpha value is -0.300. The van der Waals surface area contributed by atoms with E-state index in [0.29, 0.717) is 5.92 Å². The molecular formula is C16H28O. The molecule has 2 unspecified atom stereocenters. The zero-order valence-electron chi connectivity index (χ0n) is 11.3. The van der Waals surface area contributed by atoms with Gasteiger partial charge in [0.05, 0.1) is 6.10 Å². The van der Waals surface area contributed by atoms with Gasteiger partial charge in [-0.2, -0.15) is 0 Å². The van der Waals surface area contributed by atoms with E-state index in [2.05, 4.69) is 13.0 Å². The molecule has 0 amide bonds. The second-order valence-corrected chi connectivity index (χ2v) is 5.97. The van der Waals surface area contributed by atoms with Gasteiger partial charge in [0.15, 0.2) is 0 Å². The summed E-state index contributed by atoms with van der Waals surface area (Å²) in [7, 11) is 0. The number of unbranched alkanes of at least 4 members (excludes halogenated alkanes) is 3. The fraction of sp³-hybridized carbons (Fsp3) is 0.875. The minimum Gasteiger partial charge on any atom is -0.388 e. The van der Waals surface area contributed by atoms with Gasteiger partial charge < -0.3 is 5.11 Å². The van der Waals surface area contributed by atoms with Gasteiger partial charge in [0.1, 0.15) is 0 Å². The van der Waals surface area contributed by atoms with Crippen molar-refractivity contribution in [3.05, 3.63) is 11.6 Å². The Bertz CT molecular complexity index is 250. The van der Waals surface area contributed by atoms with E-state index in [0.717, 1.165) is 12.3 Å². The molecule has 2 fully saturated rings. The first-order valence-corrected chi connectivity index (χ1v) is 7.70. The molecule has 2 atom stereocenters. The zero-order chi connectivity index (χ0) is 12.1. The molecule has 98 valence electrons. The van der Waals surface area contributed by atoms with Crippen LogP contribution in [0.25, 0.3) is 0 Å². The van der Waals surface area contributed by atoms with Gasteiger partial charge in [-0.15, -0.1) is 0 Å². The SMILES string of the molecule is CCCCC/C=C1/CCC(C2CCCC2)C1O. The summed E-state index contributed by atoms with van der Waals surface area (Å²) in [6, 6.07) is 0. The molecule has 2 aliphatic rings. The van der Waals surface area contributed by atoms with Crippen LogP contribution in [0.2, 0.25) is 0 Å². The van der Waals surface area contributed by atoms with Crippen molar-refractivity contribution >= 4 is 0 Å². The Morgan fingerprint density at radius 1 is 1.18 bits per heavy atom. The first kappa shape index (κ1) is 13.1. The minimum absolute atomic E-state index is 0.0975. The monoisotopic (exact) mass is 236 g/mol. The van der Waals surface area contributed by atoms with Crippen LogP contribution in [0.15, 0.2) is 11.6 Å². The van der Waals surface area contributed by atoms with E-state index in [-0.39, 0.29) is 6.10 Å². The Labute approximate surface area is 106 Å². The topological polar surface area (TPSA) is 20.2 Å². The average Bonchev–Trinajstić information content (AvgIpc) is 2.95. The quantitative estimate of drug-likeness (QED) is 0.552. The smallest absolute Gasteiger partial charge is 0.0781 e. The van der Waals surface area contributed by atoms with E-state index in [4.69, 9.17) is 0 Å². The van der Waals surface area contributed by atoms with Crippen LogP contribution in [0.3, 0.4) is 0 Å². The van der Waals surface area contributed by atoms with Crippen molar-refractivity contribution in [2.24, 2.45) is 11.8 Å². The highest BCUT2D eigenvalue weighted by atomic mass is 16.3. The average molecular weight is 236 g/mol. The lowest BCUT2D eigenvalue weighted by molar-refractivity contribution is 0.123. The molecule has 17 heavy (non-hydrogen) atoms. The molecule has 0 aromatic carbocycles. The maximum absolute atomic E-state index is 10.4. The van der Waals surface area contributed by atoms with Crippen molar-refractivity contribution in [1.82, 2.24) is 0 Å². The lowest BCUT2D eigenvalue weighted by atomic mass is 9.87. The number of rotatable bonds is 5. The molecule has 1 heteroatoms. The standard InChI is InChI=1S/C16H28O/c1-2-3-4-5-10-14-11-12-15(16(14)17)13-8-6-7-9-13/h10,13,15-17H,2-9,11-12H2,1H3/b14-10-. The molecule has 1 N–H and O–H groups in total. The third kappa shape index (κ3) is 3.34. The van der Waals surface area contributed by atoms with Crippen molar-refractivity contribution in [2.75, 3.05) is 0 Å². The van der Waals surface area contributed by atoms with Crippen LogP contribution in [-0.2, 0) is 0 Å². The predicted octanol–water partition coefficient (Wildman–Crippen LogP) is 4.45. The van der Waals surface area contributed by atoms with E-state index in [1.165, 1.54) is 63.4 Å². The molecule has 2 rings (SSSR count). The molecule has 0 aliphatic heterocycles. The Morgan fingerprint density at radius 2 is 1.94 bits per heavy atom. The molecule has 0 spiro atoms. The van der Waals surface area contributed by atoms with Gasteiger partial charge in [-0.05, 0) is 43.1 Å². The molecule has 2 saturated carbocycles. The highest BCUT2D eigenvalue weighted by molar-refractivity contribution is 5.16. The summed E-state index contributed by atoms with van der Waals surface area (Å²) in [6.45, 7) is 2.24. The van der Waals surface area contributed by atoms with Crippen molar-refractivity contribution in [1.29, 1.82) is 0 Å².